The third-order valence-electron chi connectivity index (χ3n) is 5.37. The van der Waals surface area contributed by atoms with Crippen LogP contribution in [0.4, 0.5) is 5.69 Å². The van der Waals surface area contributed by atoms with Gasteiger partial charge in [-0.2, -0.15) is 0 Å². The Morgan fingerprint density at radius 3 is 2.48 bits per heavy atom. The molecule has 0 radical (unpaired) electrons. The first-order chi connectivity index (χ1) is 15.8. The van der Waals surface area contributed by atoms with Gasteiger partial charge in [-0.05, 0) is 63.8 Å². The predicted molar refractivity (Wildman–Crippen MR) is 131 cm³/mol. The van der Waals surface area contributed by atoms with Gasteiger partial charge in [-0.3, -0.25) is 14.5 Å². The maximum Gasteiger partial charge on any atom is 0.278 e. The SMILES string of the molecule is CCCOc1cccc(NC2=C(c3ccc(C)cc3C)C(=O)N(CCCOC(C)C)C2=O)c1. The Kier molecular flexibility index (Phi) is 8.28. The lowest BCUT2D eigenvalue weighted by Gasteiger charge is -2.16. The molecule has 6 nitrogen and oxygen atoms in total. The topological polar surface area (TPSA) is 67.9 Å². The molecule has 0 aromatic heterocycles. The van der Waals surface area contributed by atoms with Crippen molar-refractivity contribution < 1.29 is 19.1 Å². The van der Waals surface area contributed by atoms with Crippen LogP contribution in [0.3, 0.4) is 0 Å². The fraction of sp³-hybridized carbons (Fsp3) is 0.407. The first-order valence-electron chi connectivity index (χ1n) is 11.6. The number of benzene rings is 2. The summed E-state index contributed by atoms with van der Waals surface area (Å²) < 4.78 is 11.3. The number of hydrogen-bond acceptors (Lipinski definition) is 5. The van der Waals surface area contributed by atoms with Crippen LogP contribution in [0.15, 0.2) is 48.2 Å². The van der Waals surface area contributed by atoms with Gasteiger partial charge in [-0.1, -0.05) is 36.8 Å². The van der Waals surface area contributed by atoms with E-state index >= 15 is 0 Å². The summed E-state index contributed by atoms with van der Waals surface area (Å²) in [5, 5.41) is 3.22. The molecule has 176 valence electrons. The Balaban J connectivity index is 1.93. The highest BCUT2D eigenvalue weighted by Crippen LogP contribution is 2.33. The number of nitrogens with one attached hydrogen (secondary N) is 1. The molecule has 2 aromatic carbocycles. The minimum Gasteiger partial charge on any atom is -0.494 e. The molecule has 1 aliphatic rings. The molecule has 1 aliphatic heterocycles. The van der Waals surface area contributed by atoms with Gasteiger partial charge in [-0.15, -0.1) is 0 Å². The summed E-state index contributed by atoms with van der Waals surface area (Å²) >= 11 is 0. The molecule has 0 aliphatic carbocycles. The zero-order valence-electron chi connectivity index (χ0n) is 20.2. The average molecular weight is 451 g/mol. The summed E-state index contributed by atoms with van der Waals surface area (Å²) in [6.07, 6.45) is 1.60. The second-order valence-corrected chi connectivity index (χ2v) is 8.60. The Hall–Kier alpha value is -3.12. The van der Waals surface area contributed by atoms with Crippen molar-refractivity contribution >= 4 is 23.1 Å². The Morgan fingerprint density at radius 2 is 1.79 bits per heavy atom. The molecule has 0 unspecified atom stereocenters. The Labute approximate surface area is 196 Å². The molecule has 3 rings (SSSR count). The molecule has 2 amide bonds. The number of amides is 2. The maximum absolute atomic E-state index is 13.4. The van der Waals surface area contributed by atoms with Gasteiger partial charge in [0, 0.05) is 24.9 Å². The highest BCUT2D eigenvalue weighted by molar-refractivity contribution is 6.36. The number of carbonyl (C=O) groups is 2. The lowest BCUT2D eigenvalue weighted by molar-refractivity contribution is -0.137. The van der Waals surface area contributed by atoms with Crippen LogP contribution >= 0.6 is 0 Å². The van der Waals surface area contributed by atoms with E-state index in [1.165, 1.54) is 4.90 Å². The molecule has 0 atom stereocenters. The number of rotatable bonds is 11. The van der Waals surface area contributed by atoms with E-state index in [1.54, 1.807) is 0 Å². The van der Waals surface area contributed by atoms with Crippen LogP contribution in [0.25, 0.3) is 5.57 Å². The van der Waals surface area contributed by atoms with E-state index in [-0.39, 0.29) is 17.9 Å². The number of hydrogen-bond donors (Lipinski definition) is 1. The van der Waals surface area contributed by atoms with Gasteiger partial charge < -0.3 is 14.8 Å². The lowest BCUT2D eigenvalue weighted by Crippen LogP contribution is -2.34. The zero-order valence-corrected chi connectivity index (χ0v) is 20.2. The molecule has 6 heteroatoms. The standard InChI is InChI=1S/C27H34N2O4/c1-6-14-33-22-10-7-9-21(17-22)28-25-24(23-12-11-19(4)16-20(23)5)26(30)29(27(25)31)13-8-15-32-18(2)3/h7,9-12,16-18,28H,6,8,13-15H2,1-5H3. The average Bonchev–Trinajstić information content (AvgIpc) is 2.99. The van der Waals surface area contributed by atoms with E-state index in [2.05, 4.69) is 5.32 Å². The number of ether oxygens (including phenoxy) is 2. The van der Waals surface area contributed by atoms with Gasteiger partial charge in [-0.25, -0.2) is 0 Å². The minimum absolute atomic E-state index is 0.110. The fourth-order valence-electron chi connectivity index (χ4n) is 3.81. The van der Waals surface area contributed by atoms with E-state index in [1.807, 2.05) is 77.1 Å². The van der Waals surface area contributed by atoms with E-state index in [0.29, 0.717) is 43.1 Å². The van der Waals surface area contributed by atoms with Crippen LogP contribution < -0.4 is 10.1 Å². The van der Waals surface area contributed by atoms with Crippen LogP contribution in [0, 0.1) is 13.8 Å². The second-order valence-electron chi connectivity index (χ2n) is 8.60. The Bertz CT molecular complexity index is 1040. The van der Waals surface area contributed by atoms with Crippen LogP contribution in [0.1, 0.15) is 50.3 Å². The third kappa shape index (κ3) is 6.02. The Morgan fingerprint density at radius 1 is 1.00 bits per heavy atom. The molecular formula is C27H34N2O4. The van der Waals surface area contributed by atoms with Crippen LogP contribution in [0.5, 0.6) is 5.75 Å². The van der Waals surface area contributed by atoms with Crippen molar-refractivity contribution in [3.8, 4) is 5.75 Å². The van der Waals surface area contributed by atoms with E-state index in [0.717, 1.165) is 28.9 Å². The largest absolute Gasteiger partial charge is 0.494 e. The molecule has 0 spiro atoms. The number of aryl methyl sites for hydroxylation is 2. The van der Waals surface area contributed by atoms with Gasteiger partial charge >= 0.3 is 0 Å². The van der Waals surface area contributed by atoms with Crippen LogP contribution in [-0.4, -0.2) is 42.6 Å². The molecule has 0 saturated carbocycles. The summed E-state index contributed by atoms with van der Waals surface area (Å²) in [5.74, 6) is 0.117. The zero-order chi connectivity index (χ0) is 24.0. The second kappa shape index (κ2) is 11.1. The number of anilines is 1. The fourth-order valence-corrected chi connectivity index (χ4v) is 3.81. The van der Waals surface area contributed by atoms with Crippen LogP contribution in [-0.2, 0) is 14.3 Å². The highest BCUT2D eigenvalue weighted by atomic mass is 16.5. The first-order valence-corrected chi connectivity index (χ1v) is 11.6. The van der Waals surface area contributed by atoms with Crippen molar-refractivity contribution in [2.45, 2.75) is 53.6 Å². The van der Waals surface area contributed by atoms with Crippen LogP contribution in [0.2, 0.25) is 0 Å². The third-order valence-corrected chi connectivity index (χ3v) is 5.37. The smallest absolute Gasteiger partial charge is 0.278 e. The van der Waals surface area contributed by atoms with Crippen molar-refractivity contribution in [2.24, 2.45) is 0 Å². The summed E-state index contributed by atoms with van der Waals surface area (Å²) in [6, 6.07) is 13.4. The summed E-state index contributed by atoms with van der Waals surface area (Å²) in [7, 11) is 0. The van der Waals surface area contributed by atoms with Crippen molar-refractivity contribution in [3.63, 3.8) is 0 Å². The van der Waals surface area contributed by atoms with E-state index in [4.69, 9.17) is 9.47 Å². The lowest BCUT2D eigenvalue weighted by atomic mass is 9.97. The van der Waals surface area contributed by atoms with Crippen molar-refractivity contribution in [1.82, 2.24) is 4.90 Å². The van der Waals surface area contributed by atoms with E-state index in [9.17, 15) is 9.59 Å². The first kappa shape index (κ1) is 24.5. The summed E-state index contributed by atoms with van der Waals surface area (Å²) in [6.45, 7) is 11.4. The van der Waals surface area contributed by atoms with Crippen molar-refractivity contribution in [3.05, 3.63) is 64.9 Å². The van der Waals surface area contributed by atoms with Gasteiger partial charge in [0.25, 0.3) is 11.8 Å². The molecule has 0 saturated heterocycles. The monoisotopic (exact) mass is 450 g/mol. The predicted octanol–water partition coefficient (Wildman–Crippen LogP) is 5.10. The summed E-state index contributed by atoms with van der Waals surface area (Å²) in [4.78, 5) is 28.1. The highest BCUT2D eigenvalue weighted by Gasteiger charge is 2.39. The molecule has 2 aromatic rings. The van der Waals surface area contributed by atoms with Gasteiger partial charge in [0.05, 0.1) is 18.3 Å². The maximum atomic E-state index is 13.4. The number of imide groups is 1. The minimum atomic E-state index is -0.320. The molecule has 1 heterocycles. The van der Waals surface area contributed by atoms with Gasteiger partial charge in [0.2, 0.25) is 0 Å². The molecule has 33 heavy (non-hydrogen) atoms. The van der Waals surface area contributed by atoms with Gasteiger partial charge in [0.15, 0.2) is 0 Å². The molecule has 1 N–H and O–H groups in total. The van der Waals surface area contributed by atoms with Crippen molar-refractivity contribution in [2.75, 3.05) is 25.1 Å². The summed E-state index contributed by atoms with van der Waals surface area (Å²) in [5.41, 5.74) is 4.22. The number of nitrogens with zero attached hydrogens (tertiary/aromatic N) is 1. The van der Waals surface area contributed by atoms with Gasteiger partial charge in [0.1, 0.15) is 11.4 Å². The quantitative estimate of drug-likeness (QED) is 0.381. The number of carbonyl (C=O) groups excluding carboxylic acids is 2. The molecule has 0 fully saturated rings. The molecular weight excluding hydrogens is 416 g/mol. The molecule has 0 bridgehead atoms. The normalized spacial score (nSPS) is 13.9. The van der Waals surface area contributed by atoms with E-state index < -0.39 is 0 Å². The van der Waals surface area contributed by atoms with Crippen molar-refractivity contribution in [1.29, 1.82) is 0 Å².